The molecule has 29 heavy (non-hydrogen) atoms. The highest BCUT2D eigenvalue weighted by Crippen LogP contribution is 2.44. The zero-order chi connectivity index (χ0) is 19.3. The Labute approximate surface area is 168 Å². The van der Waals surface area contributed by atoms with Crippen molar-refractivity contribution in [2.24, 2.45) is 0 Å². The highest BCUT2D eigenvalue weighted by molar-refractivity contribution is 5.94. The van der Waals surface area contributed by atoms with Crippen LogP contribution in [-0.2, 0) is 5.60 Å². The number of fused-ring (bicyclic) bond motifs is 4. The van der Waals surface area contributed by atoms with E-state index >= 15 is 0 Å². The van der Waals surface area contributed by atoms with Crippen LogP contribution in [0.2, 0.25) is 0 Å². The van der Waals surface area contributed by atoms with Crippen molar-refractivity contribution in [2.75, 3.05) is 0 Å². The molecule has 0 amide bonds. The van der Waals surface area contributed by atoms with Crippen LogP contribution in [0, 0.1) is 0 Å². The lowest BCUT2D eigenvalue weighted by Crippen LogP contribution is -2.33. The van der Waals surface area contributed by atoms with E-state index in [0.29, 0.717) is 0 Å². The van der Waals surface area contributed by atoms with Gasteiger partial charge in [0, 0.05) is 11.1 Å². The van der Waals surface area contributed by atoms with Crippen LogP contribution in [0.1, 0.15) is 16.9 Å². The van der Waals surface area contributed by atoms with Crippen molar-refractivity contribution in [1.29, 1.82) is 0 Å². The van der Waals surface area contributed by atoms with E-state index < -0.39 is 5.60 Å². The summed E-state index contributed by atoms with van der Waals surface area (Å²) in [6.07, 6.45) is 5.98. The Morgan fingerprint density at radius 3 is 2.31 bits per heavy atom. The summed E-state index contributed by atoms with van der Waals surface area (Å²) in [6.45, 7) is 0. The fourth-order valence-electron chi connectivity index (χ4n) is 4.28. The molecular formula is C27H18O2. The second-order valence-corrected chi connectivity index (χ2v) is 7.41. The third kappa shape index (κ3) is 2.43. The fourth-order valence-corrected chi connectivity index (χ4v) is 4.28. The first-order valence-corrected chi connectivity index (χ1v) is 9.77. The largest absolute Gasteiger partial charge is 0.470 e. The average molecular weight is 374 g/mol. The van der Waals surface area contributed by atoms with Gasteiger partial charge in [0.05, 0.1) is 6.26 Å². The van der Waals surface area contributed by atoms with E-state index in [4.69, 9.17) is 9.15 Å². The second kappa shape index (κ2) is 6.11. The first-order valence-electron chi connectivity index (χ1n) is 9.77. The van der Waals surface area contributed by atoms with Crippen LogP contribution >= 0.6 is 0 Å². The predicted molar refractivity (Wildman–Crippen MR) is 117 cm³/mol. The Hall–Kier alpha value is -3.78. The Morgan fingerprint density at radius 2 is 1.45 bits per heavy atom. The van der Waals surface area contributed by atoms with Crippen LogP contribution in [0.3, 0.4) is 0 Å². The first-order chi connectivity index (χ1) is 14.3. The van der Waals surface area contributed by atoms with Crippen molar-refractivity contribution in [2.45, 2.75) is 5.60 Å². The zero-order valence-electron chi connectivity index (χ0n) is 15.7. The van der Waals surface area contributed by atoms with E-state index in [1.807, 2.05) is 12.1 Å². The van der Waals surface area contributed by atoms with Gasteiger partial charge in [0.25, 0.3) is 0 Å². The average Bonchev–Trinajstić information content (AvgIpc) is 3.34. The molecule has 1 unspecified atom stereocenters. The molecule has 0 N–H and O–H groups in total. The molecule has 0 radical (unpaired) electrons. The maximum Gasteiger partial charge on any atom is 0.210 e. The summed E-state index contributed by atoms with van der Waals surface area (Å²) in [5.74, 6) is 1.62. The van der Waals surface area contributed by atoms with Gasteiger partial charge in [0.15, 0.2) is 5.76 Å². The highest BCUT2D eigenvalue weighted by atomic mass is 16.5. The van der Waals surface area contributed by atoms with Crippen molar-refractivity contribution in [3.63, 3.8) is 0 Å². The van der Waals surface area contributed by atoms with Gasteiger partial charge in [-0.15, -0.1) is 0 Å². The molecule has 1 aliphatic heterocycles. The van der Waals surface area contributed by atoms with E-state index in [1.54, 1.807) is 6.26 Å². The van der Waals surface area contributed by atoms with Crippen molar-refractivity contribution in [3.05, 3.63) is 120 Å². The number of benzene rings is 4. The molecule has 2 heterocycles. The van der Waals surface area contributed by atoms with Crippen molar-refractivity contribution < 1.29 is 9.15 Å². The lowest BCUT2D eigenvalue weighted by atomic mass is 9.86. The summed E-state index contributed by atoms with van der Waals surface area (Å²) in [5.41, 5.74) is 1.34. The summed E-state index contributed by atoms with van der Waals surface area (Å²) < 4.78 is 12.6. The van der Waals surface area contributed by atoms with Crippen molar-refractivity contribution >= 4 is 27.6 Å². The van der Waals surface area contributed by atoms with Crippen LogP contribution in [0.5, 0.6) is 5.75 Å². The Bertz CT molecular complexity index is 1380. The lowest BCUT2D eigenvalue weighted by molar-refractivity contribution is 0.133. The van der Waals surface area contributed by atoms with E-state index in [2.05, 4.69) is 91.0 Å². The van der Waals surface area contributed by atoms with E-state index in [0.717, 1.165) is 22.6 Å². The molecule has 0 fully saturated rings. The third-order valence-corrected chi connectivity index (χ3v) is 5.75. The fraction of sp³-hybridized carbons (Fsp3) is 0.0370. The van der Waals surface area contributed by atoms with Crippen molar-refractivity contribution in [1.82, 2.24) is 0 Å². The molecule has 0 aliphatic carbocycles. The molecule has 2 heteroatoms. The summed E-state index contributed by atoms with van der Waals surface area (Å²) in [6, 6.07) is 31.3. The molecule has 0 bridgehead atoms. The summed E-state index contributed by atoms with van der Waals surface area (Å²) >= 11 is 0. The normalized spacial score (nSPS) is 17.9. The monoisotopic (exact) mass is 374 g/mol. The Balaban J connectivity index is 1.59. The quantitative estimate of drug-likeness (QED) is 0.334. The number of rotatable bonds is 2. The maximum absolute atomic E-state index is 6.73. The standard InChI is InChI=1S/C27H18O2/c1-2-8-21-18-22(13-11-19(21)6-1)27(26-10-5-17-28-26)16-15-24-23-9-4-3-7-20(23)12-14-25(24)29-27/h1-18H. The third-order valence-electron chi connectivity index (χ3n) is 5.75. The van der Waals surface area contributed by atoms with Crippen molar-refractivity contribution in [3.8, 4) is 5.75 Å². The Kier molecular flexibility index (Phi) is 3.41. The minimum atomic E-state index is -0.803. The van der Waals surface area contributed by atoms with Gasteiger partial charge >= 0.3 is 0 Å². The van der Waals surface area contributed by atoms with Gasteiger partial charge in [-0.2, -0.15) is 0 Å². The van der Waals surface area contributed by atoms with Gasteiger partial charge in [0.2, 0.25) is 5.60 Å². The molecule has 1 aromatic heterocycles. The topological polar surface area (TPSA) is 22.4 Å². The van der Waals surface area contributed by atoms with Crippen LogP contribution in [0.15, 0.2) is 108 Å². The minimum Gasteiger partial charge on any atom is -0.470 e. The molecule has 0 saturated carbocycles. The smallest absolute Gasteiger partial charge is 0.210 e. The SMILES string of the molecule is C1=CC(c2ccc3ccccc3c2)(c2ccco2)Oc2ccc3ccccc3c21. The Morgan fingerprint density at radius 1 is 0.655 bits per heavy atom. The molecule has 5 aromatic rings. The molecular weight excluding hydrogens is 356 g/mol. The minimum absolute atomic E-state index is 0.767. The molecule has 6 rings (SSSR count). The van der Waals surface area contributed by atoms with E-state index in [-0.39, 0.29) is 0 Å². The van der Waals surface area contributed by atoms with E-state index in [9.17, 15) is 0 Å². The van der Waals surface area contributed by atoms with E-state index in [1.165, 1.54) is 21.5 Å². The predicted octanol–water partition coefficient (Wildman–Crippen LogP) is 6.94. The lowest BCUT2D eigenvalue weighted by Gasteiger charge is -2.34. The molecule has 0 saturated heterocycles. The molecule has 1 atom stereocenters. The number of furan rings is 1. The molecule has 2 nitrogen and oxygen atoms in total. The van der Waals surface area contributed by atoms with Gasteiger partial charge < -0.3 is 9.15 Å². The van der Waals surface area contributed by atoms with Gasteiger partial charge in [-0.3, -0.25) is 0 Å². The summed E-state index contributed by atoms with van der Waals surface area (Å²) in [7, 11) is 0. The second-order valence-electron chi connectivity index (χ2n) is 7.41. The van der Waals surface area contributed by atoms with Gasteiger partial charge in [-0.1, -0.05) is 66.7 Å². The molecule has 138 valence electrons. The van der Waals surface area contributed by atoms with Crippen LogP contribution in [0.25, 0.3) is 27.6 Å². The molecule has 0 spiro atoms. The van der Waals surface area contributed by atoms with Gasteiger partial charge in [-0.25, -0.2) is 0 Å². The van der Waals surface area contributed by atoms with Crippen LogP contribution < -0.4 is 4.74 Å². The highest BCUT2D eigenvalue weighted by Gasteiger charge is 2.40. The maximum atomic E-state index is 6.73. The first kappa shape index (κ1) is 16.2. The molecule has 4 aromatic carbocycles. The van der Waals surface area contributed by atoms with Gasteiger partial charge in [-0.05, 0) is 58.0 Å². The van der Waals surface area contributed by atoms with Crippen LogP contribution in [-0.4, -0.2) is 0 Å². The zero-order valence-corrected chi connectivity index (χ0v) is 15.7. The number of hydrogen-bond donors (Lipinski definition) is 0. The summed E-state index contributed by atoms with van der Waals surface area (Å²) in [4.78, 5) is 0. The van der Waals surface area contributed by atoms with Gasteiger partial charge in [0.1, 0.15) is 5.75 Å². The molecule has 1 aliphatic rings. The van der Waals surface area contributed by atoms with Crippen LogP contribution in [0.4, 0.5) is 0 Å². The number of ether oxygens (including phenoxy) is 1. The number of hydrogen-bond acceptors (Lipinski definition) is 2. The summed E-state index contributed by atoms with van der Waals surface area (Å²) in [5, 5.41) is 4.78.